The predicted octanol–water partition coefficient (Wildman–Crippen LogP) is 21.8. The van der Waals surface area contributed by atoms with Crippen LogP contribution < -0.4 is 19.7 Å². The van der Waals surface area contributed by atoms with Gasteiger partial charge in [0.1, 0.15) is 72.9 Å². The summed E-state index contributed by atoms with van der Waals surface area (Å²) < 4.78 is 65.1. The van der Waals surface area contributed by atoms with Crippen LogP contribution in [0.1, 0.15) is 206 Å². The van der Waals surface area contributed by atoms with Gasteiger partial charge in [-0.1, -0.05) is 78.6 Å². The quantitative estimate of drug-likeness (QED) is 0.0101. The number of aromatic nitrogens is 8. The molecular formula is C93H149Br2N15O17Si4. The van der Waals surface area contributed by atoms with Crippen molar-refractivity contribution >= 4 is 141 Å². The number of carbonyl (C=O) groups is 7. The second-order valence-corrected chi connectivity index (χ2v) is 69.8. The number of rotatable bonds is 30. The molecule has 2 unspecified atom stereocenters. The number of halogens is 2. The van der Waals surface area contributed by atoms with Gasteiger partial charge in [0.25, 0.3) is 0 Å². The Morgan fingerprint density at radius 1 is 0.412 bits per heavy atom. The van der Waals surface area contributed by atoms with E-state index in [2.05, 4.69) is 125 Å². The fourth-order valence-electron chi connectivity index (χ4n) is 15.7. The van der Waals surface area contributed by atoms with E-state index >= 15 is 0 Å². The minimum Gasteiger partial charge on any atom is -0.459 e. The summed E-state index contributed by atoms with van der Waals surface area (Å²) in [4.78, 5) is 123. The van der Waals surface area contributed by atoms with Gasteiger partial charge in [-0.05, 0) is 256 Å². The first-order valence-electron chi connectivity index (χ1n) is 46.0. The number of esters is 1. The van der Waals surface area contributed by atoms with E-state index in [1.807, 2.05) is 61.9 Å². The number of imide groups is 1. The topological polar surface area (TPSA) is 321 Å². The van der Waals surface area contributed by atoms with Gasteiger partial charge in [0.05, 0.1) is 32.7 Å². The number of fused-ring (bicyclic) bond motifs is 6. The maximum Gasteiger partial charge on any atom is 0.437 e. The highest BCUT2D eigenvalue weighted by Crippen LogP contribution is 2.50. The molecule has 0 aromatic carbocycles. The van der Waals surface area contributed by atoms with Gasteiger partial charge in [0.2, 0.25) is 5.91 Å². The van der Waals surface area contributed by atoms with Crippen LogP contribution in [0.5, 0.6) is 0 Å². The van der Waals surface area contributed by atoms with Gasteiger partial charge in [0.15, 0.2) is 28.7 Å². The van der Waals surface area contributed by atoms with Gasteiger partial charge in [-0.15, -0.1) is 5.01 Å². The number of amides is 6. The normalized spacial score (nSPS) is 18.1. The Morgan fingerprint density at radius 2 is 0.725 bits per heavy atom. The molecule has 4 fully saturated rings. The molecule has 6 aromatic rings. The van der Waals surface area contributed by atoms with E-state index in [9.17, 15) is 33.6 Å². The zero-order valence-electron chi connectivity index (χ0n) is 83.8. The van der Waals surface area contributed by atoms with Gasteiger partial charge >= 0.3 is 36.4 Å². The van der Waals surface area contributed by atoms with Crippen molar-refractivity contribution in [3.05, 3.63) is 69.4 Å². The van der Waals surface area contributed by atoms with E-state index < -0.39 is 96.1 Å². The third-order valence-electron chi connectivity index (χ3n) is 21.8. The lowest BCUT2D eigenvalue weighted by Crippen LogP contribution is -2.55. The monoisotopic (exact) mass is 2020 g/mol. The second kappa shape index (κ2) is 42.7. The van der Waals surface area contributed by atoms with Crippen molar-refractivity contribution in [2.24, 2.45) is 0 Å². The van der Waals surface area contributed by atoms with Crippen LogP contribution in [0.4, 0.5) is 47.2 Å². The maximum absolute atomic E-state index is 13.8. The molecule has 4 aliphatic heterocycles. The molecule has 6 atom stereocenters. The molecule has 4 bridgehead atoms. The molecule has 6 amide bonds. The predicted molar refractivity (Wildman–Crippen MR) is 529 cm³/mol. The van der Waals surface area contributed by atoms with E-state index in [0.717, 1.165) is 106 Å². The molecule has 32 nitrogen and oxygen atoms in total. The Labute approximate surface area is 797 Å². The molecule has 10 rings (SSSR count). The molecule has 0 radical (unpaired) electrons. The first-order chi connectivity index (χ1) is 60.3. The van der Waals surface area contributed by atoms with Crippen molar-refractivity contribution in [1.82, 2.24) is 54.0 Å². The molecule has 6 aromatic heterocycles. The van der Waals surface area contributed by atoms with Crippen LogP contribution in [0.15, 0.2) is 58.0 Å². The maximum atomic E-state index is 13.8. The highest BCUT2D eigenvalue weighted by Gasteiger charge is 2.49. The molecule has 0 saturated carbocycles. The Hall–Kier alpha value is -7.70. The summed E-state index contributed by atoms with van der Waals surface area (Å²) >= 11 is 8.10. The third kappa shape index (κ3) is 31.2. The van der Waals surface area contributed by atoms with Crippen molar-refractivity contribution in [2.45, 2.75) is 355 Å². The fourth-order valence-corrected chi connectivity index (χ4v) is 20.4. The minimum atomic E-state index is -1.39. The Morgan fingerprint density at radius 3 is 1.02 bits per heavy atom. The van der Waals surface area contributed by atoms with Crippen LogP contribution >= 0.6 is 31.9 Å². The summed E-state index contributed by atoms with van der Waals surface area (Å²) in [6.07, 6.45) is 9.75. The van der Waals surface area contributed by atoms with Gasteiger partial charge in [-0.25, -0.2) is 43.9 Å². The van der Waals surface area contributed by atoms with Crippen molar-refractivity contribution in [2.75, 3.05) is 79.6 Å². The van der Waals surface area contributed by atoms with Crippen LogP contribution in [0.3, 0.4) is 0 Å². The van der Waals surface area contributed by atoms with E-state index in [-0.39, 0.29) is 93.3 Å². The van der Waals surface area contributed by atoms with E-state index in [1.54, 1.807) is 118 Å². The molecule has 10 heterocycles. The molecule has 728 valence electrons. The highest BCUT2D eigenvalue weighted by molar-refractivity contribution is 9.11. The summed E-state index contributed by atoms with van der Waals surface area (Å²) in [5.41, 5.74) is 0.807. The standard InChI is InChI=1S/C47H75BrN8O9Si2.C46H74BrN7O8Si2/c1-31(57)55(43(59)64-46(5,6)7)56(44(60)65-47(8,9)10)37-20-17-32(27-49-37)36-28-50-54-40(36)51-39(33-25-34-18-19-35(26-33)53(34)42(58)63-45(2,3)4)38(48)41(54)52(29-61-21-23-66(11,12)13)30-62-22-24-67(14,15)16;1-44(2,3)60-37(55)28-52(42(56)61-45(4,5)6)36-19-16-31(26-48-36)35-27-49-54-40(35)50-39(32-24-33-17-18-34(25-32)53(33)43(57)62-46(7,8)9)38(47)41(54)51(29-58-20-22-63(10,11)12)30-59-21-23-64(13,14)15/h17,20,27-28,33-35H,18-19,21-26,29-30H2,1-16H3;16,19,26-27,32-34H,17-18,20-25,28-30H2,1-15H3/t33?,34-,35+;32?,33-,34+. The van der Waals surface area contributed by atoms with Crippen LogP contribution in [0.2, 0.25) is 103 Å². The van der Waals surface area contributed by atoms with Gasteiger partial charge in [-0.2, -0.15) is 24.2 Å². The van der Waals surface area contributed by atoms with Gasteiger partial charge in [0, 0.05) is 136 Å². The van der Waals surface area contributed by atoms with Gasteiger partial charge in [-0.3, -0.25) is 14.5 Å². The third-order valence-corrected chi connectivity index (χ3v) is 30.1. The number of hydrogen-bond donors (Lipinski definition) is 0. The molecule has 131 heavy (non-hydrogen) atoms. The average molecular weight is 2020 g/mol. The lowest BCUT2D eigenvalue weighted by Gasteiger charge is -2.39. The number of hydrogen-bond acceptors (Lipinski definition) is 25. The number of ether oxygens (including phenoxy) is 10. The zero-order chi connectivity index (χ0) is 97.6. The van der Waals surface area contributed by atoms with E-state index in [0.29, 0.717) is 78.1 Å². The zero-order valence-corrected chi connectivity index (χ0v) is 91.0. The summed E-state index contributed by atoms with van der Waals surface area (Å²) in [6.45, 7) is 64.3. The molecule has 4 aliphatic rings. The Kier molecular flexibility index (Phi) is 34.9. The minimum absolute atomic E-state index is 0.0119. The summed E-state index contributed by atoms with van der Waals surface area (Å²) in [5.74, 6) is 0.260. The number of nitrogens with zero attached hydrogens (tertiary/aromatic N) is 15. The lowest BCUT2D eigenvalue weighted by atomic mass is 9.88. The SMILES string of the molecule is CC(=O)N(C(=O)OC(C)(C)C)N(C(=O)OC(C)(C)C)c1ccc(-c2cnn3c(N(COCC[Si](C)(C)C)COCC[Si](C)(C)C)c(Br)c(C4C[C@H]5CC[C@@H](C4)N5C(=O)OC(C)(C)C)nc23)cn1.CC(C)(C)OC(=O)CN(C(=O)OC(C)(C)C)c1ccc(-c2cnn3c(N(COCC[Si](C)(C)C)COCC[Si](C)(C)C)c(Br)c(C4C[C@H]5CC[C@@H](C4)N5C(=O)OC(C)(C)C)nc23)cn1. The number of hydrazine groups is 1. The molecule has 38 heteroatoms. The Bertz CT molecular complexity index is 4890. The van der Waals surface area contributed by atoms with Gasteiger partial charge < -0.3 is 67.0 Å². The summed E-state index contributed by atoms with van der Waals surface area (Å²) in [7, 11) is -5.51. The first-order valence-corrected chi connectivity index (χ1v) is 62.4. The second-order valence-electron chi connectivity index (χ2n) is 45.8. The lowest BCUT2D eigenvalue weighted by molar-refractivity contribution is -0.153. The highest BCUT2D eigenvalue weighted by atomic mass is 79.9. The summed E-state index contributed by atoms with van der Waals surface area (Å²) in [6, 6.07) is 10.8. The van der Waals surface area contributed by atoms with Crippen molar-refractivity contribution in [3.63, 3.8) is 0 Å². The summed E-state index contributed by atoms with van der Waals surface area (Å²) in [5, 5.41) is 11.3. The van der Waals surface area contributed by atoms with Crippen molar-refractivity contribution in [3.8, 4) is 22.3 Å². The average Bonchev–Trinajstić information content (AvgIpc) is 1.64. The Balaban J connectivity index is 0.000000295. The number of piperidine rings is 2. The van der Waals surface area contributed by atoms with Crippen LogP contribution in [-0.4, -0.2) is 246 Å². The number of carbonyl (C=O) groups excluding carboxylic acids is 7. The van der Waals surface area contributed by atoms with E-state index in [4.69, 9.17) is 72.5 Å². The van der Waals surface area contributed by atoms with Crippen molar-refractivity contribution in [1.29, 1.82) is 0 Å². The largest absolute Gasteiger partial charge is 0.459 e. The van der Waals surface area contributed by atoms with Crippen molar-refractivity contribution < 1.29 is 80.9 Å². The van der Waals surface area contributed by atoms with E-state index in [1.165, 1.54) is 17.2 Å². The smallest absolute Gasteiger partial charge is 0.437 e. The van der Waals surface area contributed by atoms with Crippen LogP contribution in [0, 0.1) is 0 Å². The van der Waals surface area contributed by atoms with Crippen LogP contribution in [0.25, 0.3) is 33.5 Å². The molecule has 0 spiro atoms. The molecular weight excluding hydrogens is 1870 g/mol. The fraction of sp³-hybridized carbons (Fsp3) is 0.688. The first kappa shape index (κ1) is 107. The number of pyridine rings is 2. The molecule has 4 saturated heterocycles. The number of anilines is 4. The molecule has 0 aliphatic carbocycles. The molecule has 0 N–H and O–H groups in total. The van der Waals surface area contributed by atoms with Crippen LogP contribution in [-0.2, 0) is 57.0 Å².